The Morgan fingerprint density at radius 2 is 1.76 bits per heavy atom. The normalized spacial score (nSPS) is 12.4. The van der Waals surface area contributed by atoms with Crippen LogP contribution in [0, 0.1) is 0 Å². The minimum absolute atomic E-state index is 0.0595. The quantitative estimate of drug-likeness (QED) is 0.305. The molecule has 1 aliphatic heterocycles. The van der Waals surface area contributed by atoms with Crippen LogP contribution in [0.25, 0.3) is 16.6 Å². The highest BCUT2D eigenvalue weighted by Gasteiger charge is 2.22. The van der Waals surface area contributed by atoms with Crippen molar-refractivity contribution in [3.8, 4) is 28.7 Å². The molecule has 0 spiro atoms. The molecule has 0 saturated carbocycles. The number of anilines is 1. The highest BCUT2D eigenvalue weighted by molar-refractivity contribution is 6.03. The van der Waals surface area contributed by atoms with Gasteiger partial charge in [0.2, 0.25) is 0 Å². The van der Waals surface area contributed by atoms with Crippen LogP contribution in [0.3, 0.4) is 0 Å². The number of fused-ring (bicyclic) bond motifs is 2. The number of benzene rings is 2. The molecule has 0 radical (unpaired) electrons. The molecule has 0 saturated heterocycles. The SMILES string of the molecule is COc1cc2nccc(Oc3ccc(NC(=O)c4cc5c(n(-c6ccccc6)c4=O)CNCC5)nc3)c2cc1OC. The number of pyridine rings is 3. The van der Waals surface area contributed by atoms with E-state index in [-0.39, 0.29) is 11.1 Å². The Morgan fingerprint density at radius 3 is 2.51 bits per heavy atom. The first-order valence-electron chi connectivity index (χ1n) is 13.1. The highest BCUT2D eigenvalue weighted by Crippen LogP contribution is 2.36. The minimum Gasteiger partial charge on any atom is -0.493 e. The number of hydrogen-bond donors (Lipinski definition) is 2. The van der Waals surface area contributed by atoms with E-state index in [0.717, 1.165) is 29.6 Å². The van der Waals surface area contributed by atoms with E-state index in [1.165, 1.54) is 6.20 Å². The molecule has 4 heterocycles. The van der Waals surface area contributed by atoms with Gasteiger partial charge >= 0.3 is 0 Å². The molecule has 206 valence electrons. The van der Waals surface area contributed by atoms with Crippen LogP contribution in [0.4, 0.5) is 5.82 Å². The van der Waals surface area contributed by atoms with Gasteiger partial charge in [-0.15, -0.1) is 0 Å². The molecule has 6 rings (SSSR count). The molecular weight excluding hydrogens is 522 g/mol. The number of carbonyl (C=O) groups excluding carboxylic acids is 1. The third-order valence-corrected chi connectivity index (χ3v) is 6.93. The first-order chi connectivity index (χ1) is 20.1. The van der Waals surface area contributed by atoms with Gasteiger partial charge in [-0.3, -0.25) is 19.1 Å². The fourth-order valence-corrected chi connectivity index (χ4v) is 4.92. The largest absolute Gasteiger partial charge is 0.493 e. The summed E-state index contributed by atoms with van der Waals surface area (Å²) < 4.78 is 18.5. The molecule has 1 amide bonds. The number of nitrogens with one attached hydrogen (secondary N) is 2. The summed E-state index contributed by atoms with van der Waals surface area (Å²) in [5.41, 5.74) is 2.90. The van der Waals surface area contributed by atoms with Gasteiger partial charge in [0.15, 0.2) is 11.5 Å². The van der Waals surface area contributed by atoms with Crippen molar-refractivity contribution >= 4 is 22.6 Å². The maximum absolute atomic E-state index is 13.5. The van der Waals surface area contributed by atoms with E-state index in [0.29, 0.717) is 46.6 Å². The van der Waals surface area contributed by atoms with E-state index in [2.05, 4.69) is 20.6 Å². The van der Waals surface area contributed by atoms with Crippen molar-refractivity contribution in [3.05, 3.63) is 106 Å². The average molecular weight is 550 g/mol. The third kappa shape index (κ3) is 5.08. The zero-order valence-corrected chi connectivity index (χ0v) is 22.5. The first-order valence-corrected chi connectivity index (χ1v) is 13.1. The third-order valence-electron chi connectivity index (χ3n) is 6.93. The van der Waals surface area contributed by atoms with Crippen LogP contribution in [0.5, 0.6) is 23.0 Å². The Hall–Kier alpha value is -5.22. The summed E-state index contributed by atoms with van der Waals surface area (Å²) in [4.78, 5) is 35.6. The van der Waals surface area contributed by atoms with Gasteiger partial charge < -0.3 is 24.8 Å². The number of aromatic nitrogens is 3. The number of methoxy groups -OCH3 is 2. The van der Waals surface area contributed by atoms with Gasteiger partial charge in [-0.2, -0.15) is 0 Å². The van der Waals surface area contributed by atoms with Crippen LogP contribution in [0.1, 0.15) is 21.6 Å². The molecule has 0 atom stereocenters. The number of amides is 1. The molecule has 5 aromatic rings. The molecule has 0 fully saturated rings. The summed E-state index contributed by atoms with van der Waals surface area (Å²) in [5.74, 6) is 1.90. The molecule has 2 aromatic carbocycles. The number of rotatable bonds is 7. The fourth-order valence-electron chi connectivity index (χ4n) is 4.92. The first kappa shape index (κ1) is 26.0. The maximum Gasteiger partial charge on any atom is 0.268 e. The van der Waals surface area contributed by atoms with Crippen LogP contribution < -0.4 is 30.4 Å². The molecule has 10 nitrogen and oxygen atoms in total. The second kappa shape index (κ2) is 11.1. The second-order valence-corrected chi connectivity index (χ2v) is 9.40. The monoisotopic (exact) mass is 549 g/mol. The topological polar surface area (TPSA) is 117 Å². The minimum atomic E-state index is -0.525. The zero-order chi connectivity index (χ0) is 28.3. The van der Waals surface area contributed by atoms with Gasteiger partial charge in [-0.25, -0.2) is 4.98 Å². The second-order valence-electron chi connectivity index (χ2n) is 9.40. The summed E-state index contributed by atoms with van der Waals surface area (Å²) in [6.45, 7) is 1.33. The highest BCUT2D eigenvalue weighted by atomic mass is 16.5. The zero-order valence-electron chi connectivity index (χ0n) is 22.5. The van der Waals surface area contributed by atoms with Crippen molar-refractivity contribution in [2.75, 3.05) is 26.1 Å². The molecular formula is C31H27N5O5. The molecule has 0 aliphatic carbocycles. The molecule has 2 N–H and O–H groups in total. The predicted octanol–water partition coefficient (Wildman–Crippen LogP) is 4.49. The van der Waals surface area contributed by atoms with Gasteiger partial charge in [0, 0.05) is 35.6 Å². The van der Waals surface area contributed by atoms with Crippen LogP contribution in [-0.4, -0.2) is 41.2 Å². The molecule has 41 heavy (non-hydrogen) atoms. The Bertz CT molecular complexity index is 1800. The maximum atomic E-state index is 13.5. The molecule has 0 unspecified atom stereocenters. The van der Waals surface area contributed by atoms with Crippen molar-refractivity contribution < 1.29 is 19.0 Å². The Balaban J connectivity index is 1.25. The van der Waals surface area contributed by atoms with E-state index < -0.39 is 5.91 Å². The van der Waals surface area contributed by atoms with E-state index in [1.807, 2.05) is 30.3 Å². The van der Waals surface area contributed by atoms with Crippen LogP contribution in [0.15, 0.2) is 83.9 Å². The predicted molar refractivity (Wildman–Crippen MR) is 155 cm³/mol. The van der Waals surface area contributed by atoms with Crippen LogP contribution in [-0.2, 0) is 13.0 Å². The van der Waals surface area contributed by atoms with Crippen LogP contribution in [0.2, 0.25) is 0 Å². The molecule has 0 bridgehead atoms. The Labute approximate surface area is 235 Å². The van der Waals surface area contributed by atoms with Gasteiger partial charge in [-0.1, -0.05) is 18.2 Å². The summed E-state index contributed by atoms with van der Waals surface area (Å²) in [7, 11) is 3.13. The van der Waals surface area contributed by atoms with Crippen molar-refractivity contribution in [2.45, 2.75) is 13.0 Å². The van der Waals surface area contributed by atoms with Crippen molar-refractivity contribution in [3.63, 3.8) is 0 Å². The average Bonchev–Trinajstić information content (AvgIpc) is 3.01. The lowest BCUT2D eigenvalue weighted by Gasteiger charge is -2.23. The number of carbonyl (C=O) groups is 1. The summed E-state index contributed by atoms with van der Waals surface area (Å²) >= 11 is 0. The van der Waals surface area contributed by atoms with E-state index in [9.17, 15) is 9.59 Å². The van der Waals surface area contributed by atoms with Crippen molar-refractivity contribution in [1.29, 1.82) is 0 Å². The molecule has 1 aliphatic rings. The number of ether oxygens (including phenoxy) is 3. The van der Waals surface area contributed by atoms with Crippen LogP contribution >= 0.6 is 0 Å². The number of hydrogen-bond acceptors (Lipinski definition) is 8. The summed E-state index contributed by atoms with van der Waals surface area (Å²) in [6.07, 6.45) is 3.86. The Morgan fingerprint density at radius 1 is 0.951 bits per heavy atom. The molecule has 10 heteroatoms. The fraction of sp³-hybridized carbons (Fsp3) is 0.161. The summed E-state index contributed by atoms with van der Waals surface area (Å²) in [5, 5.41) is 6.81. The lowest BCUT2D eigenvalue weighted by Crippen LogP contribution is -2.36. The van der Waals surface area contributed by atoms with E-state index in [4.69, 9.17) is 14.2 Å². The van der Waals surface area contributed by atoms with Gasteiger partial charge in [0.05, 0.1) is 25.9 Å². The lowest BCUT2D eigenvalue weighted by atomic mass is 10.0. The van der Waals surface area contributed by atoms with Gasteiger partial charge in [0.1, 0.15) is 22.9 Å². The molecule has 3 aromatic heterocycles. The van der Waals surface area contributed by atoms with Crippen molar-refractivity contribution in [1.82, 2.24) is 19.9 Å². The van der Waals surface area contributed by atoms with Gasteiger partial charge in [0.25, 0.3) is 11.5 Å². The van der Waals surface area contributed by atoms with Crippen molar-refractivity contribution in [2.24, 2.45) is 0 Å². The lowest BCUT2D eigenvalue weighted by molar-refractivity contribution is 0.102. The smallest absolute Gasteiger partial charge is 0.268 e. The van der Waals surface area contributed by atoms with Gasteiger partial charge in [-0.05, 0) is 61.0 Å². The Kier molecular flexibility index (Phi) is 7.05. The van der Waals surface area contributed by atoms with E-state index in [1.54, 1.807) is 61.4 Å². The number of para-hydroxylation sites is 1. The summed E-state index contributed by atoms with van der Waals surface area (Å²) in [6, 6.07) is 19.7. The number of nitrogens with zero attached hydrogens (tertiary/aromatic N) is 3. The standard InChI is InChI=1S/C31H27N5O5/c1-39-27-15-22-24(16-28(27)40-2)33-13-11-26(22)41-21-8-9-29(34-17-21)35-30(37)23-14-19-10-12-32-18-25(19)36(31(23)38)20-6-4-3-5-7-20/h3-9,11,13-17,32H,10,12,18H2,1-2H3,(H,34,35,37). The van der Waals surface area contributed by atoms with E-state index >= 15 is 0 Å².